The third-order valence-electron chi connectivity index (χ3n) is 3.82. The molecule has 0 saturated carbocycles. The van der Waals surface area contributed by atoms with Gasteiger partial charge in [0.2, 0.25) is 0 Å². The first-order chi connectivity index (χ1) is 13.2. The van der Waals surface area contributed by atoms with Gasteiger partial charge in [-0.2, -0.15) is 18.3 Å². The number of carbonyl (C=O) groups is 1. The smallest absolute Gasteiger partial charge is 0.416 e. The highest BCUT2D eigenvalue weighted by atomic mass is 35.5. The fourth-order valence-corrected chi connectivity index (χ4v) is 3.64. The van der Waals surface area contributed by atoms with Crippen LogP contribution in [0.2, 0.25) is 5.02 Å². The Morgan fingerprint density at radius 2 is 2.07 bits per heavy atom. The number of rotatable bonds is 5. The van der Waals surface area contributed by atoms with Crippen molar-refractivity contribution in [1.29, 1.82) is 0 Å². The molecular weight excluding hydrogens is 415 g/mol. The molecule has 28 heavy (non-hydrogen) atoms. The summed E-state index contributed by atoms with van der Waals surface area (Å²) in [6.07, 6.45) is -1.56. The van der Waals surface area contributed by atoms with E-state index in [0.29, 0.717) is 21.8 Å². The van der Waals surface area contributed by atoms with Crippen LogP contribution in [0.5, 0.6) is 0 Å². The van der Waals surface area contributed by atoms with Crippen LogP contribution in [-0.4, -0.2) is 27.3 Å². The molecule has 2 heterocycles. The second-order valence-corrected chi connectivity index (χ2v) is 7.53. The molecule has 1 aromatic carbocycles. The summed E-state index contributed by atoms with van der Waals surface area (Å²) in [5.41, 5.74) is 0.439. The molecule has 2 aromatic heterocycles. The zero-order valence-electron chi connectivity index (χ0n) is 14.9. The molecule has 0 spiro atoms. The number of esters is 1. The minimum absolute atomic E-state index is 0.00890. The molecule has 0 bridgehead atoms. The highest BCUT2D eigenvalue weighted by molar-refractivity contribution is 7.15. The number of nitrogens with zero attached hydrogens (tertiary/aromatic N) is 3. The predicted octanol–water partition coefficient (Wildman–Crippen LogP) is 5.21. The van der Waals surface area contributed by atoms with Crippen molar-refractivity contribution in [1.82, 2.24) is 14.8 Å². The fourth-order valence-electron chi connectivity index (χ4n) is 2.50. The SMILES string of the molecule is CCOC(=O)c1cnn(Cc2nc(-c3cc(Cl)cc(C(F)(F)F)c3)sc2C)c1. The van der Waals surface area contributed by atoms with Crippen LogP contribution in [0.15, 0.2) is 30.6 Å². The van der Waals surface area contributed by atoms with E-state index in [1.807, 2.05) is 6.92 Å². The van der Waals surface area contributed by atoms with Crippen LogP contribution in [0.4, 0.5) is 13.2 Å². The van der Waals surface area contributed by atoms with Crippen LogP contribution in [-0.2, 0) is 17.5 Å². The normalized spacial score (nSPS) is 11.6. The number of benzene rings is 1. The van der Waals surface area contributed by atoms with Gasteiger partial charge in [0.1, 0.15) is 5.01 Å². The number of alkyl halides is 3. The summed E-state index contributed by atoms with van der Waals surface area (Å²) in [5, 5.41) is 4.53. The van der Waals surface area contributed by atoms with E-state index >= 15 is 0 Å². The first-order valence-corrected chi connectivity index (χ1v) is 9.41. The van der Waals surface area contributed by atoms with Gasteiger partial charge in [-0.3, -0.25) is 4.68 Å². The third-order valence-corrected chi connectivity index (χ3v) is 5.10. The van der Waals surface area contributed by atoms with Crippen molar-refractivity contribution >= 4 is 28.9 Å². The van der Waals surface area contributed by atoms with Crippen molar-refractivity contribution in [2.45, 2.75) is 26.6 Å². The van der Waals surface area contributed by atoms with E-state index in [1.54, 1.807) is 6.92 Å². The summed E-state index contributed by atoms with van der Waals surface area (Å²) < 4.78 is 45.5. The van der Waals surface area contributed by atoms with E-state index in [2.05, 4.69) is 10.1 Å². The van der Waals surface area contributed by atoms with E-state index in [4.69, 9.17) is 16.3 Å². The molecule has 0 atom stereocenters. The standard InChI is InChI=1S/C18H15ClF3N3O2S/c1-3-27-17(26)12-7-23-25(8-12)9-15-10(2)28-16(24-15)11-4-13(18(20,21)22)6-14(19)5-11/h4-8H,3,9H2,1-2H3. The van der Waals surface area contributed by atoms with Crippen molar-refractivity contribution in [3.63, 3.8) is 0 Å². The average Bonchev–Trinajstić information content (AvgIpc) is 3.22. The lowest BCUT2D eigenvalue weighted by Crippen LogP contribution is -2.05. The predicted molar refractivity (Wildman–Crippen MR) is 99.6 cm³/mol. The largest absolute Gasteiger partial charge is 0.462 e. The number of ether oxygens (including phenoxy) is 1. The molecule has 3 rings (SSSR count). The van der Waals surface area contributed by atoms with Gasteiger partial charge < -0.3 is 4.74 Å². The Balaban J connectivity index is 1.86. The van der Waals surface area contributed by atoms with Crippen molar-refractivity contribution < 1.29 is 22.7 Å². The molecule has 0 N–H and O–H groups in total. The van der Waals surface area contributed by atoms with Crippen LogP contribution in [0, 0.1) is 6.92 Å². The molecule has 0 fully saturated rings. The Hall–Kier alpha value is -2.39. The molecule has 5 nitrogen and oxygen atoms in total. The summed E-state index contributed by atoms with van der Waals surface area (Å²) >= 11 is 7.13. The molecule has 0 saturated heterocycles. The Morgan fingerprint density at radius 1 is 1.32 bits per heavy atom. The zero-order valence-corrected chi connectivity index (χ0v) is 16.5. The molecule has 0 aliphatic heterocycles. The number of hydrogen-bond donors (Lipinski definition) is 0. The van der Waals surface area contributed by atoms with Crippen molar-refractivity contribution in [2.75, 3.05) is 6.61 Å². The number of aromatic nitrogens is 3. The minimum Gasteiger partial charge on any atom is -0.462 e. The van der Waals surface area contributed by atoms with Gasteiger partial charge in [-0.1, -0.05) is 11.6 Å². The molecule has 0 aliphatic rings. The molecule has 0 unspecified atom stereocenters. The quantitative estimate of drug-likeness (QED) is 0.522. The second kappa shape index (κ2) is 7.92. The van der Waals surface area contributed by atoms with E-state index in [9.17, 15) is 18.0 Å². The van der Waals surface area contributed by atoms with Crippen LogP contribution < -0.4 is 0 Å². The van der Waals surface area contributed by atoms with Crippen LogP contribution in [0.1, 0.15) is 33.4 Å². The van der Waals surface area contributed by atoms with Crippen LogP contribution in [0.3, 0.4) is 0 Å². The van der Waals surface area contributed by atoms with E-state index < -0.39 is 17.7 Å². The van der Waals surface area contributed by atoms with Crippen molar-refractivity contribution in [3.8, 4) is 10.6 Å². The maximum atomic E-state index is 13.0. The maximum Gasteiger partial charge on any atom is 0.416 e. The van der Waals surface area contributed by atoms with E-state index in [0.717, 1.165) is 17.0 Å². The van der Waals surface area contributed by atoms with Gasteiger partial charge in [-0.25, -0.2) is 9.78 Å². The lowest BCUT2D eigenvalue weighted by molar-refractivity contribution is -0.137. The lowest BCUT2D eigenvalue weighted by Gasteiger charge is -2.08. The highest BCUT2D eigenvalue weighted by Crippen LogP contribution is 2.36. The molecule has 10 heteroatoms. The molecular formula is C18H15ClF3N3O2S. The fraction of sp³-hybridized carbons (Fsp3) is 0.278. The van der Waals surface area contributed by atoms with E-state index in [1.165, 1.54) is 34.5 Å². The van der Waals surface area contributed by atoms with Gasteiger partial charge in [0.05, 0.1) is 36.2 Å². The molecule has 3 aromatic rings. The minimum atomic E-state index is -4.49. The summed E-state index contributed by atoms with van der Waals surface area (Å²) in [5.74, 6) is -0.469. The molecule has 0 aliphatic carbocycles. The average molecular weight is 430 g/mol. The molecule has 0 radical (unpaired) electrons. The molecule has 0 amide bonds. The Labute approximate surface area is 167 Å². The summed E-state index contributed by atoms with van der Waals surface area (Å²) in [7, 11) is 0. The van der Waals surface area contributed by atoms with Gasteiger partial charge >= 0.3 is 12.1 Å². The highest BCUT2D eigenvalue weighted by Gasteiger charge is 2.31. The number of carbonyl (C=O) groups excluding carboxylic acids is 1. The van der Waals surface area contributed by atoms with Gasteiger partial charge in [0.25, 0.3) is 0 Å². The second-order valence-electron chi connectivity index (χ2n) is 5.90. The van der Waals surface area contributed by atoms with Crippen LogP contribution >= 0.6 is 22.9 Å². The topological polar surface area (TPSA) is 57.0 Å². The van der Waals surface area contributed by atoms with Gasteiger partial charge in [-0.15, -0.1) is 11.3 Å². The summed E-state index contributed by atoms with van der Waals surface area (Å²) in [6, 6.07) is 3.36. The lowest BCUT2D eigenvalue weighted by atomic mass is 10.1. The van der Waals surface area contributed by atoms with E-state index in [-0.39, 0.29) is 18.2 Å². The number of thiazole rings is 1. The monoisotopic (exact) mass is 429 g/mol. The van der Waals surface area contributed by atoms with Crippen LogP contribution in [0.25, 0.3) is 10.6 Å². The zero-order chi connectivity index (χ0) is 20.5. The van der Waals surface area contributed by atoms with Gasteiger partial charge in [-0.05, 0) is 32.0 Å². The van der Waals surface area contributed by atoms with Gasteiger partial charge in [0, 0.05) is 21.7 Å². The maximum absolute atomic E-state index is 13.0. The summed E-state index contributed by atoms with van der Waals surface area (Å²) in [4.78, 5) is 17.0. The van der Waals surface area contributed by atoms with Crippen molar-refractivity contribution in [2.24, 2.45) is 0 Å². The number of halogens is 4. The molecule has 148 valence electrons. The summed E-state index contributed by atoms with van der Waals surface area (Å²) in [6.45, 7) is 4.07. The van der Waals surface area contributed by atoms with Crippen molar-refractivity contribution in [3.05, 3.63) is 57.3 Å². The number of hydrogen-bond acceptors (Lipinski definition) is 5. The Morgan fingerprint density at radius 3 is 2.75 bits per heavy atom. The Kier molecular flexibility index (Phi) is 5.76. The van der Waals surface area contributed by atoms with Gasteiger partial charge in [0.15, 0.2) is 0 Å². The Bertz CT molecular complexity index is 1010. The number of aryl methyl sites for hydroxylation is 1. The third kappa shape index (κ3) is 4.53. The first-order valence-electron chi connectivity index (χ1n) is 8.21. The first kappa shape index (κ1) is 20.3.